The average molecular weight is 379 g/mol. The lowest BCUT2D eigenvalue weighted by Gasteiger charge is -2.62. The maximum absolute atomic E-state index is 11.3. The van der Waals surface area contributed by atoms with E-state index in [1.807, 2.05) is 0 Å². The van der Waals surface area contributed by atoms with E-state index < -0.39 is 5.97 Å². The Hall–Kier alpha value is -0.610. The fourth-order valence-electron chi connectivity index (χ4n) is 8.59. The summed E-state index contributed by atoms with van der Waals surface area (Å²) in [5, 5.41) is 30.7. The first-order valence-corrected chi connectivity index (χ1v) is 11.2. The van der Waals surface area contributed by atoms with Crippen molar-refractivity contribution in [3.8, 4) is 0 Å². The maximum atomic E-state index is 11.3. The Labute approximate surface area is 163 Å². The van der Waals surface area contributed by atoms with Gasteiger partial charge in [0.25, 0.3) is 0 Å². The third-order valence-corrected chi connectivity index (χ3v) is 9.91. The van der Waals surface area contributed by atoms with Crippen LogP contribution in [0.3, 0.4) is 0 Å². The molecule has 10 atom stereocenters. The highest BCUT2D eigenvalue weighted by atomic mass is 16.4. The van der Waals surface area contributed by atoms with Gasteiger partial charge in [-0.1, -0.05) is 20.8 Å². The van der Waals surface area contributed by atoms with E-state index in [9.17, 15) is 20.1 Å². The number of fused-ring (bicyclic) bond motifs is 5. The molecule has 154 valence electrons. The monoisotopic (exact) mass is 378 g/mol. The fourth-order valence-corrected chi connectivity index (χ4v) is 8.59. The van der Waals surface area contributed by atoms with Crippen LogP contribution in [0.5, 0.6) is 0 Å². The van der Waals surface area contributed by atoms with E-state index in [-0.39, 0.29) is 35.4 Å². The van der Waals surface area contributed by atoms with Gasteiger partial charge in [0.1, 0.15) is 0 Å². The van der Waals surface area contributed by atoms with Gasteiger partial charge in [-0.15, -0.1) is 0 Å². The Morgan fingerprint density at radius 2 is 1.67 bits per heavy atom. The highest BCUT2D eigenvalue weighted by Gasteiger charge is 2.62. The van der Waals surface area contributed by atoms with Crippen LogP contribution in [0, 0.1) is 46.3 Å². The zero-order valence-corrected chi connectivity index (χ0v) is 17.2. The molecule has 0 bridgehead atoms. The van der Waals surface area contributed by atoms with Gasteiger partial charge in [-0.2, -0.15) is 0 Å². The second kappa shape index (κ2) is 6.73. The zero-order valence-electron chi connectivity index (χ0n) is 17.2. The summed E-state index contributed by atoms with van der Waals surface area (Å²) in [5.74, 6) is 1.89. The molecule has 0 amide bonds. The number of hydrogen-bond donors (Lipinski definition) is 3. The predicted molar refractivity (Wildman–Crippen MR) is 104 cm³/mol. The quantitative estimate of drug-likeness (QED) is 0.691. The molecule has 0 heterocycles. The second-order valence-electron chi connectivity index (χ2n) is 11.0. The van der Waals surface area contributed by atoms with E-state index in [2.05, 4.69) is 20.8 Å². The fraction of sp³-hybridized carbons (Fsp3) is 0.957. The van der Waals surface area contributed by atoms with Gasteiger partial charge in [-0.3, -0.25) is 4.79 Å². The minimum absolute atomic E-state index is 0.175. The molecule has 0 aromatic heterocycles. The molecule has 4 aliphatic rings. The van der Waals surface area contributed by atoms with Crippen LogP contribution in [0.4, 0.5) is 0 Å². The molecule has 27 heavy (non-hydrogen) atoms. The molecule has 0 radical (unpaired) electrons. The van der Waals surface area contributed by atoms with E-state index in [1.54, 1.807) is 0 Å². The Balaban J connectivity index is 1.60. The first-order chi connectivity index (χ1) is 12.7. The van der Waals surface area contributed by atoms with Crippen molar-refractivity contribution in [2.24, 2.45) is 46.3 Å². The molecule has 3 N–H and O–H groups in total. The van der Waals surface area contributed by atoms with Gasteiger partial charge in [0.2, 0.25) is 0 Å². The van der Waals surface area contributed by atoms with Crippen molar-refractivity contribution in [1.82, 2.24) is 0 Å². The molecule has 0 spiro atoms. The van der Waals surface area contributed by atoms with Crippen LogP contribution in [0.25, 0.3) is 0 Å². The molecule has 3 unspecified atom stereocenters. The highest BCUT2D eigenvalue weighted by Crippen LogP contribution is 2.68. The van der Waals surface area contributed by atoms with E-state index in [0.717, 1.165) is 44.9 Å². The number of aliphatic hydroxyl groups excluding tert-OH is 2. The molecule has 4 fully saturated rings. The van der Waals surface area contributed by atoms with Crippen LogP contribution in [-0.4, -0.2) is 33.5 Å². The molecular weight excluding hydrogens is 340 g/mol. The number of carboxylic acids is 1. The topological polar surface area (TPSA) is 77.8 Å². The van der Waals surface area contributed by atoms with Gasteiger partial charge < -0.3 is 15.3 Å². The Kier molecular flexibility index (Phi) is 4.91. The van der Waals surface area contributed by atoms with E-state index in [0.29, 0.717) is 29.6 Å². The molecule has 4 aliphatic carbocycles. The third kappa shape index (κ3) is 2.97. The van der Waals surface area contributed by atoms with Crippen LogP contribution in [0.15, 0.2) is 0 Å². The standard InChI is InChI=1S/C23H38O4/c1-13(10-20(26)27)16-4-5-17-21-18(7-9-23(16,17)3)22(2)8-6-15(24)11-14(22)12-19(21)25/h13-19,21,24-25H,4-12H2,1-3H3,(H,26,27)/t13-,14+,15-,16-,17?,18?,19-,21?,22+,23-/m1/s1. The summed E-state index contributed by atoms with van der Waals surface area (Å²) in [6.45, 7) is 6.96. The summed E-state index contributed by atoms with van der Waals surface area (Å²) in [4.78, 5) is 11.3. The predicted octanol–water partition coefficient (Wildman–Crippen LogP) is 4.09. The lowest BCUT2D eigenvalue weighted by Crippen LogP contribution is -2.58. The van der Waals surface area contributed by atoms with Gasteiger partial charge in [0.05, 0.1) is 12.2 Å². The van der Waals surface area contributed by atoms with Crippen molar-refractivity contribution in [3.05, 3.63) is 0 Å². The van der Waals surface area contributed by atoms with Crippen LogP contribution in [-0.2, 0) is 4.79 Å². The molecule has 0 saturated heterocycles. The van der Waals surface area contributed by atoms with Crippen molar-refractivity contribution >= 4 is 5.97 Å². The van der Waals surface area contributed by atoms with Crippen molar-refractivity contribution in [2.75, 3.05) is 0 Å². The number of carboxylic acid groups (broad SMARTS) is 1. The van der Waals surface area contributed by atoms with Crippen LogP contribution < -0.4 is 0 Å². The minimum atomic E-state index is -0.683. The second-order valence-corrected chi connectivity index (χ2v) is 11.0. The first-order valence-electron chi connectivity index (χ1n) is 11.2. The van der Waals surface area contributed by atoms with Crippen LogP contribution >= 0.6 is 0 Å². The van der Waals surface area contributed by atoms with Gasteiger partial charge in [-0.05, 0) is 97.7 Å². The number of aliphatic carboxylic acids is 1. The van der Waals surface area contributed by atoms with E-state index in [1.165, 1.54) is 6.42 Å². The Morgan fingerprint density at radius 1 is 1.00 bits per heavy atom. The summed E-state index contributed by atoms with van der Waals surface area (Å²) in [5.41, 5.74) is 0.434. The Bertz CT molecular complexity index is 591. The molecule has 4 heteroatoms. The molecular formula is C23H38O4. The van der Waals surface area contributed by atoms with Gasteiger partial charge in [-0.25, -0.2) is 0 Å². The Morgan fingerprint density at radius 3 is 2.37 bits per heavy atom. The summed E-state index contributed by atoms with van der Waals surface area (Å²) in [7, 11) is 0. The number of aliphatic hydroxyl groups is 2. The lowest BCUT2D eigenvalue weighted by atomic mass is 9.43. The van der Waals surface area contributed by atoms with Crippen molar-refractivity contribution in [3.63, 3.8) is 0 Å². The van der Waals surface area contributed by atoms with E-state index in [4.69, 9.17) is 0 Å². The van der Waals surface area contributed by atoms with E-state index >= 15 is 0 Å². The van der Waals surface area contributed by atoms with Crippen LogP contribution in [0.2, 0.25) is 0 Å². The van der Waals surface area contributed by atoms with Gasteiger partial charge in [0, 0.05) is 6.42 Å². The number of hydrogen-bond acceptors (Lipinski definition) is 3. The molecule has 0 aliphatic heterocycles. The van der Waals surface area contributed by atoms with Gasteiger partial charge >= 0.3 is 5.97 Å². The summed E-state index contributed by atoms with van der Waals surface area (Å²) in [6.07, 6.45) is 8.12. The number of rotatable bonds is 3. The van der Waals surface area contributed by atoms with Crippen LogP contribution in [0.1, 0.15) is 78.6 Å². The zero-order chi connectivity index (χ0) is 19.6. The SMILES string of the molecule is C[C@H](CC(=O)O)[C@H]1CCC2C3C(CC[C@@]21C)[C@@]1(C)CC[C@@H](O)C[C@H]1C[C@H]3O. The molecule has 4 nitrogen and oxygen atoms in total. The van der Waals surface area contributed by atoms with Crippen molar-refractivity contribution in [1.29, 1.82) is 0 Å². The number of carbonyl (C=O) groups is 1. The third-order valence-electron chi connectivity index (χ3n) is 9.91. The molecule has 0 aromatic carbocycles. The minimum Gasteiger partial charge on any atom is -0.481 e. The molecule has 0 aromatic rings. The maximum Gasteiger partial charge on any atom is 0.303 e. The van der Waals surface area contributed by atoms with Crippen molar-refractivity contribution in [2.45, 2.75) is 90.8 Å². The lowest BCUT2D eigenvalue weighted by molar-refractivity contribution is -0.174. The van der Waals surface area contributed by atoms with Crippen molar-refractivity contribution < 1.29 is 20.1 Å². The summed E-state index contributed by atoms with van der Waals surface area (Å²) >= 11 is 0. The summed E-state index contributed by atoms with van der Waals surface area (Å²) < 4.78 is 0. The molecule has 4 rings (SSSR count). The largest absolute Gasteiger partial charge is 0.481 e. The smallest absolute Gasteiger partial charge is 0.303 e. The summed E-state index contributed by atoms with van der Waals surface area (Å²) in [6, 6.07) is 0. The van der Waals surface area contributed by atoms with Gasteiger partial charge in [0.15, 0.2) is 0 Å². The normalized spacial score (nSPS) is 53.1. The highest BCUT2D eigenvalue weighted by molar-refractivity contribution is 5.67. The average Bonchev–Trinajstić information content (AvgIpc) is 2.93. The molecule has 4 saturated carbocycles. The first kappa shape index (κ1) is 19.7.